The third-order valence-electron chi connectivity index (χ3n) is 5.56. The van der Waals surface area contributed by atoms with Crippen LogP contribution in [0.1, 0.15) is 12.8 Å². The van der Waals surface area contributed by atoms with Crippen LogP contribution < -0.4 is 9.64 Å². The van der Waals surface area contributed by atoms with Gasteiger partial charge in [0.25, 0.3) is 0 Å². The van der Waals surface area contributed by atoms with Gasteiger partial charge in [-0.3, -0.25) is 14.6 Å². The molecule has 1 amide bonds. The van der Waals surface area contributed by atoms with Crippen molar-refractivity contribution in [1.82, 2.24) is 9.88 Å². The lowest BCUT2D eigenvalue weighted by molar-refractivity contribution is -0.118. The van der Waals surface area contributed by atoms with E-state index >= 15 is 0 Å². The van der Waals surface area contributed by atoms with Gasteiger partial charge in [-0.1, -0.05) is 22.9 Å². The number of morpholine rings is 1. The average Bonchev–Trinajstić information content (AvgIpc) is 3.30. The van der Waals surface area contributed by atoms with Crippen molar-refractivity contribution < 1.29 is 18.7 Å². The molecule has 0 N–H and O–H groups in total. The maximum atomic E-state index is 13.3. The number of halogens is 3. The Morgan fingerprint density at radius 2 is 2.00 bits per heavy atom. The number of fused-ring (bicyclic) bond motifs is 1. The fraction of sp³-hybridized carbons (Fsp3) is 0.417. The van der Waals surface area contributed by atoms with Crippen LogP contribution in [0, 0.1) is 5.82 Å². The molecule has 0 spiro atoms. The summed E-state index contributed by atoms with van der Waals surface area (Å²) < 4.78 is 24.8. The number of thiazole rings is 1. The smallest absolute Gasteiger partial charge is 0.228 e. The van der Waals surface area contributed by atoms with Gasteiger partial charge in [0, 0.05) is 37.5 Å². The van der Waals surface area contributed by atoms with Crippen LogP contribution in [0.15, 0.2) is 41.3 Å². The maximum Gasteiger partial charge on any atom is 0.228 e. The second-order valence-corrected chi connectivity index (χ2v) is 10.4. The van der Waals surface area contributed by atoms with Crippen molar-refractivity contribution >= 4 is 68.4 Å². The Morgan fingerprint density at radius 3 is 2.71 bits per heavy atom. The van der Waals surface area contributed by atoms with E-state index < -0.39 is 0 Å². The van der Waals surface area contributed by atoms with Crippen LogP contribution in [0.3, 0.4) is 0 Å². The third kappa shape index (κ3) is 7.44. The van der Waals surface area contributed by atoms with Crippen LogP contribution in [0.25, 0.3) is 10.2 Å². The summed E-state index contributed by atoms with van der Waals surface area (Å²) in [5.41, 5.74) is 0.672. The van der Waals surface area contributed by atoms with Crippen molar-refractivity contribution in [3.8, 4) is 5.75 Å². The topological polar surface area (TPSA) is 54.9 Å². The monoisotopic (exact) mass is 559 g/mol. The SMILES string of the molecule is COc1ccc(Cl)c2sc(N(CCN3CCOCC3)C(=O)CCCSc3ccc(F)cc3)nc12.Cl. The first-order valence-electron chi connectivity index (χ1n) is 11.2. The van der Waals surface area contributed by atoms with Gasteiger partial charge in [0.2, 0.25) is 5.91 Å². The maximum absolute atomic E-state index is 13.3. The molecule has 35 heavy (non-hydrogen) atoms. The van der Waals surface area contributed by atoms with E-state index in [1.54, 1.807) is 48.0 Å². The number of ether oxygens (including phenoxy) is 2. The molecule has 1 aliphatic heterocycles. The lowest BCUT2D eigenvalue weighted by Crippen LogP contribution is -2.43. The summed E-state index contributed by atoms with van der Waals surface area (Å²) in [6.07, 6.45) is 1.11. The zero-order valence-corrected chi connectivity index (χ0v) is 22.6. The Labute approximate surface area is 224 Å². The first kappa shape index (κ1) is 28.0. The number of hydrogen-bond acceptors (Lipinski definition) is 7. The fourth-order valence-electron chi connectivity index (χ4n) is 3.69. The number of rotatable bonds is 10. The molecular weight excluding hydrogens is 532 g/mol. The van der Waals surface area contributed by atoms with E-state index in [0.717, 1.165) is 35.0 Å². The molecule has 0 bridgehead atoms. The highest BCUT2D eigenvalue weighted by Crippen LogP contribution is 2.39. The summed E-state index contributed by atoms with van der Waals surface area (Å²) in [6.45, 7) is 4.43. The van der Waals surface area contributed by atoms with E-state index in [-0.39, 0.29) is 24.1 Å². The van der Waals surface area contributed by atoms with Gasteiger partial charge in [-0.05, 0) is 48.6 Å². The summed E-state index contributed by atoms with van der Waals surface area (Å²) in [7, 11) is 1.60. The second kappa shape index (κ2) is 13.6. The first-order chi connectivity index (χ1) is 16.5. The Balaban J connectivity index is 0.00000342. The molecular formula is C24H28Cl2FN3O3S2. The van der Waals surface area contributed by atoms with E-state index in [2.05, 4.69) is 4.90 Å². The summed E-state index contributed by atoms with van der Waals surface area (Å²) in [5, 5.41) is 1.22. The molecule has 4 rings (SSSR count). The molecule has 1 aliphatic rings. The number of carbonyl (C=O) groups is 1. The summed E-state index contributed by atoms with van der Waals surface area (Å²) in [6, 6.07) is 10.0. The van der Waals surface area contributed by atoms with Crippen molar-refractivity contribution in [3.05, 3.63) is 47.2 Å². The van der Waals surface area contributed by atoms with Crippen molar-refractivity contribution in [1.29, 1.82) is 0 Å². The predicted molar refractivity (Wildman–Crippen MR) is 144 cm³/mol. The molecule has 1 aromatic heterocycles. The number of methoxy groups -OCH3 is 1. The van der Waals surface area contributed by atoms with Gasteiger partial charge < -0.3 is 9.47 Å². The summed E-state index contributed by atoms with van der Waals surface area (Å²) >= 11 is 9.45. The molecule has 0 atom stereocenters. The van der Waals surface area contributed by atoms with Crippen LogP contribution in [-0.2, 0) is 9.53 Å². The first-order valence-corrected chi connectivity index (χ1v) is 13.3. The number of thioether (sulfide) groups is 1. The van der Waals surface area contributed by atoms with Crippen LogP contribution in [0.5, 0.6) is 5.75 Å². The standard InChI is InChI=1S/C24H27ClFN3O3S2.ClH/c1-31-20-9-8-19(25)23-22(20)27-24(34-23)29(11-10-28-12-14-32-15-13-28)21(30)3-2-16-33-18-6-4-17(26)5-7-18;/h4-9H,2-3,10-16H2,1H3;1H. The molecule has 1 saturated heterocycles. The zero-order valence-electron chi connectivity index (χ0n) is 19.4. The van der Waals surface area contributed by atoms with Crippen molar-refractivity contribution in [3.63, 3.8) is 0 Å². The van der Waals surface area contributed by atoms with Crippen molar-refractivity contribution in [2.75, 3.05) is 57.2 Å². The van der Waals surface area contributed by atoms with Gasteiger partial charge in [0.1, 0.15) is 17.1 Å². The van der Waals surface area contributed by atoms with Crippen LogP contribution in [-0.4, -0.2) is 68.0 Å². The normalized spacial score (nSPS) is 14.0. The number of carbonyl (C=O) groups excluding carboxylic acids is 1. The summed E-state index contributed by atoms with van der Waals surface area (Å²) in [5.74, 6) is 1.19. The van der Waals surface area contributed by atoms with Gasteiger partial charge in [-0.2, -0.15) is 0 Å². The Kier molecular flexibility index (Phi) is 10.9. The molecule has 0 saturated carbocycles. The van der Waals surface area contributed by atoms with Crippen molar-refractivity contribution in [2.24, 2.45) is 0 Å². The molecule has 190 valence electrons. The molecule has 6 nitrogen and oxygen atoms in total. The van der Waals surface area contributed by atoms with E-state index in [9.17, 15) is 9.18 Å². The Bertz CT molecular complexity index is 1110. The Hall–Kier alpha value is -1.62. The highest BCUT2D eigenvalue weighted by atomic mass is 35.5. The quantitative estimate of drug-likeness (QED) is 0.232. The molecule has 0 unspecified atom stereocenters. The van der Waals surface area contributed by atoms with E-state index in [0.29, 0.717) is 54.0 Å². The van der Waals surface area contributed by atoms with Crippen LogP contribution >= 0.6 is 47.1 Å². The fourth-order valence-corrected chi connectivity index (χ4v) is 5.85. The van der Waals surface area contributed by atoms with Gasteiger partial charge >= 0.3 is 0 Å². The number of anilines is 1. The molecule has 0 radical (unpaired) electrons. The van der Waals surface area contributed by atoms with Crippen molar-refractivity contribution in [2.45, 2.75) is 17.7 Å². The van der Waals surface area contributed by atoms with Crippen LogP contribution in [0.4, 0.5) is 9.52 Å². The van der Waals surface area contributed by atoms with Gasteiger partial charge in [-0.25, -0.2) is 9.37 Å². The third-order valence-corrected chi connectivity index (χ3v) is 8.20. The summed E-state index contributed by atoms with van der Waals surface area (Å²) in [4.78, 5) is 23.1. The predicted octanol–water partition coefficient (Wildman–Crippen LogP) is 5.76. The minimum atomic E-state index is -0.247. The highest BCUT2D eigenvalue weighted by molar-refractivity contribution is 7.99. The van der Waals surface area contributed by atoms with E-state index in [1.807, 2.05) is 0 Å². The number of aromatic nitrogens is 1. The molecule has 2 heterocycles. The van der Waals surface area contributed by atoms with E-state index in [4.69, 9.17) is 26.1 Å². The molecule has 0 aliphatic carbocycles. The largest absolute Gasteiger partial charge is 0.494 e. The van der Waals surface area contributed by atoms with Gasteiger partial charge in [0.15, 0.2) is 5.13 Å². The number of hydrogen-bond donors (Lipinski definition) is 0. The lowest BCUT2D eigenvalue weighted by Gasteiger charge is -2.29. The van der Waals surface area contributed by atoms with Gasteiger partial charge in [0.05, 0.1) is 30.0 Å². The molecule has 1 fully saturated rings. The highest BCUT2D eigenvalue weighted by Gasteiger charge is 2.23. The lowest BCUT2D eigenvalue weighted by atomic mass is 10.3. The Morgan fingerprint density at radius 1 is 1.26 bits per heavy atom. The second-order valence-electron chi connectivity index (χ2n) is 7.83. The minimum Gasteiger partial charge on any atom is -0.494 e. The minimum absolute atomic E-state index is 0. The number of benzene rings is 2. The number of amides is 1. The average molecular weight is 561 g/mol. The molecule has 3 aromatic rings. The van der Waals surface area contributed by atoms with Crippen LogP contribution in [0.2, 0.25) is 5.02 Å². The molecule has 2 aromatic carbocycles. The zero-order chi connectivity index (χ0) is 23.9. The molecule has 11 heteroatoms. The number of nitrogens with zero attached hydrogens (tertiary/aromatic N) is 3. The van der Waals surface area contributed by atoms with E-state index in [1.165, 1.54) is 23.5 Å². The van der Waals surface area contributed by atoms with Gasteiger partial charge in [-0.15, -0.1) is 24.2 Å².